The third kappa shape index (κ3) is 1.89. The van der Waals surface area contributed by atoms with Crippen molar-refractivity contribution < 1.29 is 0 Å². The van der Waals surface area contributed by atoms with Crippen LogP contribution >= 0.6 is 0 Å². The fourth-order valence-electron chi connectivity index (χ4n) is 1.81. The molecule has 1 saturated heterocycles. The second-order valence-electron chi connectivity index (χ2n) is 3.49. The molecule has 1 aromatic rings. The number of likely N-dealkylation sites (tertiary alicyclic amines) is 1. The highest BCUT2D eigenvalue weighted by Gasteiger charge is 2.10. The number of nitrogens with zero attached hydrogens (tertiary/aromatic N) is 1. The van der Waals surface area contributed by atoms with Crippen LogP contribution < -0.4 is 0 Å². The Balaban J connectivity index is 1.74. The highest BCUT2D eigenvalue weighted by molar-refractivity contribution is 5.03. The Morgan fingerprint density at radius 1 is 1.33 bits per heavy atom. The van der Waals surface area contributed by atoms with Crippen molar-refractivity contribution in [1.29, 1.82) is 0 Å². The van der Waals surface area contributed by atoms with Gasteiger partial charge in [-0.25, -0.2) is 0 Å². The summed E-state index contributed by atoms with van der Waals surface area (Å²) < 4.78 is 0. The van der Waals surface area contributed by atoms with Crippen molar-refractivity contribution in [1.82, 2.24) is 9.88 Å². The average Bonchev–Trinajstić information content (AvgIpc) is 2.74. The number of rotatable bonds is 3. The van der Waals surface area contributed by atoms with E-state index >= 15 is 0 Å². The Labute approximate surface area is 73.6 Å². The summed E-state index contributed by atoms with van der Waals surface area (Å²) in [5.74, 6) is 0. The topological polar surface area (TPSA) is 19.0 Å². The van der Waals surface area contributed by atoms with Crippen molar-refractivity contribution in [2.45, 2.75) is 19.3 Å². The van der Waals surface area contributed by atoms with Crippen LogP contribution in [0.25, 0.3) is 0 Å². The van der Waals surface area contributed by atoms with Crippen LogP contribution in [0.15, 0.2) is 18.3 Å². The molecule has 2 rings (SSSR count). The van der Waals surface area contributed by atoms with E-state index in [9.17, 15) is 0 Å². The monoisotopic (exact) mass is 164 g/mol. The molecular formula is C10H16N2. The minimum atomic E-state index is 1.17. The number of aromatic amines is 1. The van der Waals surface area contributed by atoms with Crippen molar-refractivity contribution in [3.8, 4) is 0 Å². The quantitative estimate of drug-likeness (QED) is 0.719. The Hall–Kier alpha value is -0.760. The fourth-order valence-corrected chi connectivity index (χ4v) is 1.81. The maximum absolute atomic E-state index is 3.23. The Morgan fingerprint density at radius 2 is 2.17 bits per heavy atom. The summed E-state index contributed by atoms with van der Waals surface area (Å²) in [6.07, 6.45) is 5.96. The molecule has 0 aromatic carbocycles. The van der Waals surface area contributed by atoms with E-state index in [2.05, 4.69) is 22.0 Å². The third-order valence-corrected chi connectivity index (χ3v) is 2.56. The molecule has 2 nitrogen and oxygen atoms in total. The van der Waals surface area contributed by atoms with Crippen LogP contribution in [0, 0.1) is 0 Å². The SMILES string of the molecule is c1c[nH]c(CCN2CCCC2)c1. The fraction of sp³-hybridized carbons (Fsp3) is 0.600. The van der Waals surface area contributed by atoms with Gasteiger partial charge in [0.2, 0.25) is 0 Å². The van der Waals surface area contributed by atoms with Crippen molar-refractivity contribution in [3.63, 3.8) is 0 Å². The summed E-state index contributed by atoms with van der Waals surface area (Å²) in [6.45, 7) is 3.84. The second kappa shape index (κ2) is 3.76. The van der Waals surface area contributed by atoms with Crippen LogP contribution in [0.3, 0.4) is 0 Å². The largest absolute Gasteiger partial charge is 0.365 e. The molecule has 0 bridgehead atoms. The van der Waals surface area contributed by atoms with Crippen LogP contribution in [-0.4, -0.2) is 29.5 Å². The van der Waals surface area contributed by atoms with Gasteiger partial charge in [0.1, 0.15) is 0 Å². The Bertz CT molecular complexity index is 210. The summed E-state index contributed by atoms with van der Waals surface area (Å²) in [7, 11) is 0. The molecule has 0 atom stereocenters. The first-order valence-corrected chi connectivity index (χ1v) is 4.80. The molecular weight excluding hydrogens is 148 g/mol. The third-order valence-electron chi connectivity index (χ3n) is 2.56. The Kier molecular flexibility index (Phi) is 2.47. The zero-order chi connectivity index (χ0) is 8.23. The molecule has 66 valence electrons. The number of H-pyrrole nitrogens is 1. The number of aromatic nitrogens is 1. The van der Waals surface area contributed by atoms with Gasteiger partial charge in [-0.15, -0.1) is 0 Å². The number of nitrogens with one attached hydrogen (secondary N) is 1. The van der Waals surface area contributed by atoms with Gasteiger partial charge in [-0.2, -0.15) is 0 Å². The smallest absolute Gasteiger partial charge is 0.0159 e. The van der Waals surface area contributed by atoms with E-state index in [4.69, 9.17) is 0 Å². The summed E-state index contributed by atoms with van der Waals surface area (Å²) in [5.41, 5.74) is 1.36. The lowest BCUT2D eigenvalue weighted by Gasteiger charge is -2.12. The summed E-state index contributed by atoms with van der Waals surface area (Å²) in [4.78, 5) is 5.78. The first-order chi connectivity index (χ1) is 5.95. The second-order valence-corrected chi connectivity index (χ2v) is 3.49. The van der Waals surface area contributed by atoms with Crippen LogP contribution in [0.1, 0.15) is 18.5 Å². The molecule has 0 aliphatic carbocycles. The van der Waals surface area contributed by atoms with E-state index in [0.29, 0.717) is 0 Å². The molecule has 1 aromatic heterocycles. The first-order valence-electron chi connectivity index (χ1n) is 4.80. The highest BCUT2D eigenvalue weighted by atomic mass is 15.1. The minimum absolute atomic E-state index is 1.17. The summed E-state index contributed by atoms with van der Waals surface area (Å²) in [6, 6.07) is 4.23. The zero-order valence-electron chi connectivity index (χ0n) is 7.42. The lowest BCUT2D eigenvalue weighted by Crippen LogP contribution is -2.21. The first kappa shape index (κ1) is 7.87. The normalized spacial score (nSPS) is 18.7. The molecule has 1 aliphatic rings. The summed E-state index contributed by atoms with van der Waals surface area (Å²) >= 11 is 0. The lowest BCUT2D eigenvalue weighted by atomic mass is 10.3. The standard InChI is InChI=1S/C10H16N2/c1-2-8-12(7-1)9-5-10-4-3-6-11-10/h3-4,6,11H,1-2,5,7-9H2. The summed E-state index contributed by atoms with van der Waals surface area (Å²) in [5, 5.41) is 0. The maximum atomic E-state index is 3.23. The molecule has 0 saturated carbocycles. The lowest BCUT2D eigenvalue weighted by molar-refractivity contribution is 0.342. The zero-order valence-corrected chi connectivity index (χ0v) is 7.42. The van der Waals surface area contributed by atoms with E-state index in [1.165, 1.54) is 44.6 Å². The van der Waals surface area contributed by atoms with Crippen molar-refractivity contribution >= 4 is 0 Å². The van der Waals surface area contributed by atoms with E-state index in [1.54, 1.807) is 0 Å². The molecule has 2 heterocycles. The van der Waals surface area contributed by atoms with Crippen LogP contribution in [-0.2, 0) is 6.42 Å². The van der Waals surface area contributed by atoms with Crippen molar-refractivity contribution in [2.24, 2.45) is 0 Å². The molecule has 0 unspecified atom stereocenters. The van der Waals surface area contributed by atoms with Crippen LogP contribution in [0.2, 0.25) is 0 Å². The average molecular weight is 164 g/mol. The molecule has 12 heavy (non-hydrogen) atoms. The molecule has 1 fully saturated rings. The molecule has 0 spiro atoms. The Morgan fingerprint density at radius 3 is 2.83 bits per heavy atom. The van der Waals surface area contributed by atoms with Gasteiger partial charge < -0.3 is 9.88 Å². The number of hydrogen-bond donors (Lipinski definition) is 1. The van der Waals surface area contributed by atoms with Gasteiger partial charge in [-0.3, -0.25) is 0 Å². The van der Waals surface area contributed by atoms with Gasteiger partial charge in [0, 0.05) is 24.9 Å². The van der Waals surface area contributed by atoms with Gasteiger partial charge >= 0.3 is 0 Å². The maximum Gasteiger partial charge on any atom is 0.0159 e. The van der Waals surface area contributed by atoms with Crippen LogP contribution in [0.4, 0.5) is 0 Å². The van der Waals surface area contributed by atoms with Gasteiger partial charge in [-0.1, -0.05) is 0 Å². The number of hydrogen-bond acceptors (Lipinski definition) is 1. The predicted molar refractivity (Wildman–Crippen MR) is 50.2 cm³/mol. The molecule has 1 N–H and O–H groups in total. The predicted octanol–water partition coefficient (Wildman–Crippen LogP) is 1.65. The van der Waals surface area contributed by atoms with E-state index < -0.39 is 0 Å². The van der Waals surface area contributed by atoms with Gasteiger partial charge in [0.15, 0.2) is 0 Å². The van der Waals surface area contributed by atoms with Gasteiger partial charge in [0.25, 0.3) is 0 Å². The van der Waals surface area contributed by atoms with Crippen molar-refractivity contribution in [2.75, 3.05) is 19.6 Å². The minimum Gasteiger partial charge on any atom is -0.365 e. The van der Waals surface area contributed by atoms with E-state index in [1.807, 2.05) is 6.20 Å². The molecule has 0 radical (unpaired) electrons. The van der Waals surface area contributed by atoms with Gasteiger partial charge in [-0.05, 0) is 38.1 Å². The van der Waals surface area contributed by atoms with E-state index in [0.717, 1.165) is 0 Å². The molecule has 0 amide bonds. The molecule has 1 aliphatic heterocycles. The van der Waals surface area contributed by atoms with E-state index in [-0.39, 0.29) is 0 Å². The molecule has 2 heteroatoms. The van der Waals surface area contributed by atoms with Crippen LogP contribution in [0.5, 0.6) is 0 Å². The van der Waals surface area contributed by atoms with Gasteiger partial charge in [0.05, 0.1) is 0 Å². The highest BCUT2D eigenvalue weighted by Crippen LogP contribution is 2.08. The van der Waals surface area contributed by atoms with Crippen molar-refractivity contribution in [3.05, 3.63) is 24.0 Å².